The summed E-state index contributed by atoms with van der Waals surface area (Å²) in [6.45, 7) is 0. The van der Waals surface area contributed by atoms with Gasteiger partial charge >= 0.3 is 0 Å². The van der Waals surface area contributed by atoms with Crippen LogP contribution in [0.2, 0.25) is 0 Å². The molecular weight excluding hydrogens is 364 g/mol. The van der Waals surface area contributed by atoms with Gasteiger partial charge in [-0.05, 0) is 24.3 Å². The lowest BCUT2D eigenvalue weighted by Crippen LogP contribution is -1.99. The summed E-state index contributed by atoms with van der Waals surface area (Å²) < 4.78 is 7.37. The lowest BCUT2D eigenvalue weighted by molar-refractivity contribution is -0.385. The van der Waals surface area contributed by atoms with Gasteiger partial charge in [-0.2, -0.15) is 0 Å². The molecule has 0 aliphatic rings. The van der Waals surface area contributed by atoms with Gasteiger partial charge in [0, 0.05) is 23.1 Å². The predicted octanol–water partition coefficient (Wildman–Crippen LogP) is 4.73. The molecule has 0 atom stereocenters. The Kier molecular flexibility index (Phi) is 4.71. The van der Waals surface area contributed by atoms with E-state index in [1.165, 1.54) is 17.8 Å². The number of nitro benzene ring substituents is 1. The van der Waals surface area contributed by atoms with Gasteiger partial charge in [-0.15, -0.1) is 10.2 Å². The van der Waals surface area contributed by atoms with Crippen molar-refractivity contribution in [1.29, 1.82) is 0 Å². The summed E-state index contributed by atoms with van der Waals surface area (Å²) in [5, 5.41) is 20.4. The van der Waals surface area contributed by atoms with Crippen LogP contribution in [0.5, 0.6) is 0 Å². The second-order valence-electron chi connectivity index (χ2n) is 5.63. The van der Waals surface area contributed by atoms with Gasteiger partial charge in [-0.3, -0.25) is 14.7 Å². The molecule has 0 N–H and O–H groups in total. The van der Waals surface area contributed by atoms with Crippen LogP contribution in [0.4, 0.5) is 5.69 Å². The van der Waals surface area contributed by atoms with Gasteiger partial charge in [-0.1, -0.05) is 48.2 Å². The molecule has 134 valence electrons. The minimum absolute atomic E-state index is 0.0991. The molecule has 0 spiro atoms. The minimum atomic E-state index is -0.369. The predicted molar refractivity (Wildman–Crippen MR) is 102 cm³/mol. The number of benzene rings is 2. The summed E-state index contributed by atoms with van der Waals surface area (Å²) in [5.74, 6) is 1.58. The van der Waals surface area contributed by atoms with Crippen LogP contribution < -0.4 is 0 Å². The van der Waals surface area contributed by atoms with Crippen molar-refractivity contribution in [3.63, 3.8) is 0 Å². The Morgan fingerprint density at radius 2 is 1.78 bits per heavy atom. The molecule has 8 heteroatoms. The summed E-state index contributed by atoms with van der Waals surface area (Å²) in [4.78, 5) is 10.9. The fourth-order valence-corrected chi connectivity index (χ4v) is 3.64. The monoisotopic (exact) mass is 378 g/mol. The van der Waals surface area contributed by atoms with Crippen molar-refractivity contribution in [3.8, 4) is 17.3 Å². The van der Waals surface area contributed by atoms with Gasteiger partial charge in [0.25, 0.3) is 5.69 Å². The van der Waals surface area contributed by atoms with Crippen molar-refractivity contribution >= 4 is 17.4 Å². The molecule has 0 bridgehead atoms. The molecule has 2 aromatic heterocycles. The third kappa shape index (κ3) is 3.47. The van der Waals surface area contributed by atoms with Crippen molar-refractivity contribution in [1.82, 2.24) is 14.8 Å². The Labute approximate surface area is 158 Å². The molecule has 2 heterocycles. The summed E-state index contributed by atoms with van der Waals surface area (Å²) >= 11 is 1.39. The number of aromatic nitrogens is 3. The number of nitrogens with zero attached hydrogens (tertiary/aromatic N) is 4. The molecule has 0 saturated carbocycles. The van der Waals surface area contributed by atoms with Crippen LogP contribution in [0, 0.1) is 10.1 Å². The van der Waals surface area contributed by atoms with E-state index < -0.39 is 0 Å². The smallest absolute Gasteiger partial charge is 0.273 e. The third-order valence-electron chi connectivity index (χ3n) is 3.93. The van der Waals surface area contributed by atoms with Crippen molar-refractivity contribution < 1.29 is 9.34 Å². The third-order valence-corrected chi connectivity index (χ3v) is 4.91. The van der Waals surface area contributed by atoms with Gasteiger partial charge in [0.05, 0.1) is 11.2 Å². The van der Waals surface area contributed by atoms with Gasteiger partial charge in [0.15, 0.2) is 10.9 Å². The molecule has 4 aromatic rings. The SMILES string of the molecule is O=[N+]([O-])c1ccccc1CSc1nnc(-c2ccco2)n1-c1ccccc1. The largest absolute Gasteiger partial charge is 0.461 e. The van der Waals surface area contributed by atoms with Crippen molar-refractivity contribution in [2.24, 2.45) is 0 Å². The lowest BCUT2D eigenvalue weighted by Gasteiger charge is -2.09. The first-order valence-corrected chi connectivity index (χ1v) is 9.12. The Bertz CT molecular complexity index is 1060. The molecule has 0 amide bonds. The fourth-order valence-electron chi connectivity index (χ4n) is 2.69. The van der Waals surface area contributed by atoms with E-state index in [2.05, 4.69) is 10.2 Å². The summed E-state index contributed by atoms with van der Waals surface area (Å²) in [6.07, 6.45) is 1.58. The Balaban J connectivity index is 1.71. The first-order valence-electron chi connectivity index (χ1n) is 8.14. The average Bonchev–Trinajstić information content (AvgIpc) is 3.36. The van der Waals surface area contributed by atoms with E-state index in [0.717, 1.165) is 5.69 Å². The Hall–Kier alpha value is -3.39. The van der Waals surface area contributed by atoms with E-state index in [-0.39, 0.29) is 10.6 Å². The van der Waals surface area contributed by atoms with Crippen molar-refractivity contribution in [2.75, 3.05) is 0 Å². The average molecular weight is 378 g/mol. The molecule has 0 fully saturated rings. The zero-order chi connectivity index (χ0) is 18.6. The minimum Gasteiger partial charge on any atom is -0.461 e. The number of rotatable bonds is 6. The first-order chi connectivity index (χ1) is 13.2. The lowest BCUT2D eigenvalue weighted by atomic mass is 10.2. The highest BCUT2D eigenvalue weighted by Gasteiger charge is 2.19. The van der Waals surface area contributed by atoms with Crippen LogP contribution in [-0.4, -0.2) is 19.7 Å². The molecule has 4 rings (SSSR count). The maximum atomic E-state index is 11.2. The number of thioether (sulfide) groups is 1. The van der Waals surface area contributed by atoms with Crippen LogP contribution in [0.3, 0.4) is 0 Å². The number of nitro groups is 1. The van der Waals surface area contributed by atoms with E-state index in [4.69, 9.17) is 4.42 Å². The zero-order valence-electron chi connectivity index (χ0n) is 14.1. The van der Waals surface area contributed by atoms with Crippen molar-refractivity contribution in [3.05, 3.63) is 88.7 Å². The van der Waals surface area contributed by atoms with Gasteiger partial charge in [0.2, 0.25) is 5.82 Å². The van der Waals surface area contributed by atoms with E-state index in [0.29, 0.717) is 28.1 Å². The number of hydrogen-bond acceptors (Lipinski definition) is 6. The summed E-state index contributed by atoms with van der Waals surface area (Å²) in [7, 11) is 0. The molecule has 0 unspecified atom stereocenters. The molecule has 7 nitrogen and oxygen atoms in total. The maximum Gasteiger partial charge on any atom is 0.273 e. The second-order valence-corrected chi connectivity index (χ2v) is 6.57. The molecule has 2 aromatic carbocycles. The molecule has 0 saturated heterocycles. The highest BCUT2D eigenvalue weighted by Crippen LogP contribution is 2.31. The highest BCUT2D eigenvalue weighted by atomic mass is 32.2. The van der Waals surface area contributed by atoms with E-state index in [1.807, 2.05) is 41.0 Å². The van der Waals surface area contributed by atoms with Crippen LogP contribution in [0.15, 0.2) is 82.6 Å². The second kappa shape index (κ2) is 7.46. The summed E-state index contributed by atoms with van der Waals surface area (Å²) in [5.41, 5.74) is 1.62. The Morgan fingerprint density at radius 1 is 1.00 bits per heavy atom. The molecule has 0 aliphatic heterocycles. The van der Waals surface area contributed by atoms with Gasteiger partial charge < -0.3 is 4.42 Å². The zero-order valence-corrected chi connectivity index (χ0v) is 14.9. The van der Waals surface area contributed by atoms with Gasteiger partial charge in [-0.25, -0.2) is 0 Å². The highest BCUT2D eigenvalue weighted by molar-refractivity contribution is 7.98. The van der Waals surface area contributed by atoms with E-state index in [1.54, 1.807) is 30.5 Å². The molecule has 27 heavy (non-hydrogen) atoms. The number of para-hydroxylation sites is 2. The van der Waals surface area contributed by atoms with Crippen LogP contribution in [0.1, 0.15) is 5.56 Å². The standard InChI is InChI=1S/C19H14N4O3S/c24-23(25)16-10-5-4-7-14(16)13-27-19-21-20-18(17-11-6-12-26-17)22(19)15-8-2-1-3-9-15/h1-12H,13H2. The van der Waals surface area contributed by atoms with E-state index >= 15 is 0 Å². The van der Waals surface area contributed by atoms with Crippen LogP contribution >= 0.6 is 11.8 Å². The topological polar surface area (TPSA) is 87.0 Å². The molecular formula is C19H14N4O3S. The van der Waals surface area contributed by atoms with Gasteiger partial charge in [0.1, 0.15) is 0 Å². The van der Waals surface area contributed by atoms with E-state index in [9.17, 15) is 10.1 Å². The fraction of sp³-hybridized carbons (Fsp3) is 0.0526. The van der Waals surface area contributed by atoms with Crippen LogP contribution in [-0.2, 0) is 5.75 Å². The number of hydrogen-bond donors (Lipinski definition) is 0. The number of furan rings is 1. The quantitative estimate of drug-likeness (QED) is 0.274. The molecule has 0 aliphatic carbocycles. The normalized spacial score (nSPS) is 10.8. The van der Waals surface area contributed by atoms with Crippen LogP contribution in [0.25, 0.3) is 17.3 Å². The Morgan fingerprint density at radius 3 is 2.52 bits per heavy atom. The first kappa shape index (κ1) is 17.0. The maximum absolute atomic E-state index is 11.2. The molecule has 0 radical (unpaired) electrons. The summed E-state index contributed by atoms with van der Waals surface area (Å²) in [6, 6.07) is 20.0. The van der Waals surface area contributed by atoms with Crippen molar-refractivity contribution in [2.45, 2.75) is 10.9 Å².